The fraction of sp³-hybridized carbons (Fsp3) is 0.857. The van der Waals surface area contributed by atoms with E-state index in [9.17, 15) is 9.90 Å². The third-order valence-corrected chi connectivity index (χ3v) is 3.01. The van der Waals surface area contributed by atoms with Crippen LogP contribution in [0.25, 0.3) is 0 Å². The summed E-state index contributed by atoms with van der Waals surface area (Å²) in [7, 11) is 0. The molecule has 3 heteroatoms. The van der Waals surface area contributed by atoms with E-state index >= 15 is 0 Å². The summed E-state index contributed by atoms with van der Waals surface area (Å²) < 4.78 is 0. The van der Waals surface area contributed by atoms with E-state index < -0.39 is 11.6 Å². The van der Waals surface area contributed by atoms with E-state index in [1.54, 1.807) is 0 Å². The summed E-state index contributed by atoms with van der Waals surface area (Å²) in [4.78, 5) is 10.4. The molecule has 1 atom stereocenters. The van der Waals surface area contributed by atoms with Crippen molar-refractivity contribution in [1.29, 1.82) is 0 Å². The molecule has 0 aromatic rings. The van der Waals surface area contributed by atoms with Crippen molar-refractivity contribution in [3.8, 4) is 0 Å². The average molecular weight is 142 g/mol. The number of rotatable bonds is 1. The quantitative estimate of drug-likeness (QED) is 0.556. The first-order chi connectivity index (χ1) is 4.61. The minimum atomic E-state index is -1.34. The van der Waals surface area contributed by atoms with Gasteiger partial charge in [-0.1, -0.05) is 6.42 Å². The molecule has 0 heterocycles. The van der Waals surface area contributed by atoms with Crippen molar-refractivity contribution in [3.63, 3.8) is 0 Å². The molecule has 0 aromatic carbocycles. The van der Waals surface area contributed by atoms with E-state index in [1.165, 1.54) is 0 Å². The van der Waals surface area contributed by atoms with Gasteiger partial charge in [0.1, 0.15) is 0 Å². The SMILES string of the molecule is O=C(O)C1(O)CC12CCC2. The minimum absolute atomic E-state index is 0.196. The van der Waals surface area contributed by atoms with Crippen LogP contribution in [-0.4, -0.2) is 21.8 Å². The Labute approximate surface area is 58.7 Å². The van der Waals surface area contributed by atoms with E-state index in [1.807, 2.05) is 0 Å². The smallest absolute Gasteiger partial charge is 0.336 e. The zero-order valence-corrected chi connectivity index (χ0v) is 5.63. The lowest BCUT2D eigenvalue weighted by molar-refractivity contribution is -0.153. The molecule has 0 saturated heterocycles. The van der Waals surface area contributed by atoms with Crippen LogP contribution in [-0.2, 0) is 4.79 Å². The van der Waals surface area contributed by atoms with E-state index in [2.05, 4.69) is 0 Å². The van der Waals surface area contributed by atoms with Gasteiger partial charge < -0.3 is 10.2 Å². The normalized spacial score (nSPS) is 40.9. The molecule has 2 rings (SSSR count). The van der Waals surface area contributed by atoms with Gasteiger partial charge in [-0.05, 0) is 19.3 Å². The van der Waals surface area contributed by atoms with Crippen LogP contribution < -0.4 is 0 Å². The Morgan fingerprint density at radius 1 is 1.40 bits per heavy atom. The second-order valence-corrected chi connectivity index (χ2v) is 3.48. The first-order valence-electron chi connectivity index (χ1n) is 3.57. The van der Waals surface area contributed by atoms with Crippen molar-refractivity contribution in [1.82, 2.24) is 0 Å². The van der Waals surface area contributed by atoms with Gasteiger partial charge in [0.25, 0.3) is 0 Å². The first-order valence-corrected chi connectivity index (χ1v) is 3.57. The molecule has 2 N–H and O–H groups in total. The van der Waals surface area contributed by atoms with Crippen molar-refractivity contribution in [2.24, 2.45) is 5.41 Å². The molecule has 0 amide bonds. The standard InChI is InChI=1S/C7H10O3/c8-5(9)7(10)4-6(7)2-1-3-6/h10H,1-4H2,(H,8,9). The molecule has 1 unspecified atom stereocenters. The largest absolute Gasteiger partial charge is 0.479 e. The summed E-state index contributed by atoms with van der Waals surface area (Å²) in [5.41, 5.74) is -1.54. The first kappa shape index (κ1) is 6.16. The predicted octanol–water partition coefficient (Wildman–Crippen LogP) is 0.376. The molecular formula is C7H10O3. The van der Waals surface area contributed by atoms with Crippen molar-refractivity contribution >= 4 is 5.97 Å². The summed E-state index contributed by atoms with van der Waals surface area (Å²) in [6.07, 6.45) is 3.36. The van der Waals surface area contributed by atoms with E-state index in [0.717, 1.165) is 19.3 Å². The van der Waals surface area contributed by atoms with Crippen LogP contribution in [0.2, 0.25) is 0 Å². The van der Waals surface area contributed by atoms with Crippen molar-refractivity contribution in [2.75, 3.05) is 0 Å². The van der Waals surface area contributed by atoms with Gasteiger partial charge in [0.15, 0.2) is 5.60 Å². The second kappa shape index (κ2) is 1.37. The van der Waals surface area contributed by atoms with Crippen molar-refractivity contribution < 1.29 is 15.0 Å². The summed E-state index contributed by atoms with van der Waals surface area (Å²) in [5, 5.41) is 17.9. The molecular weight excluding hydrogens is 132 g/mol. The molecule has 10 heavy (non-hydrogen) atoms. The number of hydrogen-bond acceptors (Lipinski definition) is 2. The average Bonchev–Trinajstić information content (AvgIpc) is 2.37. The molecule has 0 aromatic heterocycles. The Balaban J connectivity index is 2.16. The molecule has 2 aliphatic carbocycles. The van der Waals surface area contributed by atoms with Gasteiger partial charge in [0, 0.05) is 5.41 Å². The highest BCUT2D eigenvalue weighted by molar-refractivity contribution is 5.83. The van der Waals surface area contributed by atoms with Crippen LogP contribution in [0, 0.1) is 5.41 Å². The van der Waals surface area contributed by atoms with Crippen molar-refractivity contribution in [2.45, 2.75) is 31.3 Å². The third kappa shape index (κ3) is 0.440. The third-order valence-electron chi connectivity index (χ3n) is 3.01. The fourth-order valence-electron chi connectivity index (χ4n) is 1.94. The monoisotopic (exact) mass is 142 g/mol. The lowest BCUT2D eigenvalue weighted by Gasteiger charge is -2.27. The number of carbonyl (C=O) groups is 1. The Morgan fingerprint density at radius 3 is 2.10 bits per heavy atom. The Bertz CT molecular complexity index is 195. The van der Waals surface area contributed by atoms with Gasteiger partial charge in [-0.3, -0.25) is 0 Å². The van der Waals surface area contributed by atoms with E-state index in [4.69, 9.17) is 5.11 Å². The maximum absolute atomic E-state index is 10.4. The summed E-state index contributed by atoms with van der Waals surface area (Å²) in [6.45, 7) is 0. The van der Waals surface area contributed by atoms with Gasteiger partial charge in [-0.2, -0.15) is 0 Å². The summed E-state index contributed by atoms with van der Waals surface area (Å²) in [6, 6.07) is 0. The van der Waals surface area contributed by atoms with E-state index in [0.29, 0.717) is 6.42 Å². The van der Waals surface area contributed by atoms with Crippen LogP contribution in [0.5, 0.6) is 0 Å². The summed E-state index contributed by atoms with van der Waals surface area (Å²) in [5.74, 6) is -1.03. The molecule has 3 nitrogen and oxygen atoms in total. The number of carboxylic acid groups (broad SMARTS) is 1. The topological polar surface area (TPSA) is 57.5 Å². The molecule has 2 aliphatic rings. The van der Waals surface area contributed by atoms with Gasteiger partial charge in [0.05, 0.1) is 0 Å². The predicted molar refractivity (Wildman–Crippen MR) is 33.5 cm³/mol. The van der Waals surface area contributed by atoms with Crippen LogP contribution in [0.4, 0.5) is 0 Å². The number of carboxylic acids is 1. The van der Waals surface area contributed by atoms with Crippen LogP contribution in [0.3, 0.4) is 0 Å². The highest BCUT2D eigenvalue weighted by atomic mass is 16.4. The van der Waals surface area contributed by atoms with E-state index in [-0.39, 0.29) is 5.41 Å². The molecule has 56 valence electrons. The molecule has 2 fully saturated rings. The van der Waals surface area contributed by atoms with Gasteiger partial charge >= 0.3 is 5.97 Å². The fourth-order valence-corrected chi connectivity index (χ4v) is 1.94. The zero-order chi connectivity index (χ0) is 7.41. The number of hydrogen-bond donors (Lipinski definition) is 2. The second-order valence-electron chi connectivity index (χ2n) is 3.48. The lowest BCUT2D eigenvalue weighted by atomic mass is 9.79. The highest BCUT2D eigenvalue weighted by Gasteiger charge is 2.73. The number of aliphatic hydroxyl groups is 1. The maximum atomic E-state index is 10.4. The van der Waals surface area contributed by atoms with Gasteiger partial charge in [-0.15, -0.1) is 0 Å². The molecule has 0 aliphatic heterocycles. The zero-order valence-electron chi connectivity index (χ0n) is 5.63. The Morgan fingerprint density at radius 2 is 2.00 bits per heavy atom. The minimum Gasteiger partial charge on any atom is -0.479 e. The lowest BCUT2D eigenvalue weighted by Crippen LogP contribution is -2.33. The van der Waals surface area contributed by atoms with Crippen molar-refractivity contribution in [3.05, 3.63) is 0 Å². The van der Waals surface area contributed by atoms with Crippen LogP contribution >= 0.6 is 0 Å². The van der Waals surface area contributed by atoms with Gasteiger partial charge in [0.2, 0.25) is 0 Å². The van der Waals surface area contributed by atoms with Crippen LogP contribution in [0.1, 0.15) is 25.7 Å². The summed E-state index contributed by atoms with van der Waals surface area (Å²) >= 11 is 0. The molecule has 0 radical (unpaired) electrons. The Hall–Kier alpha value is -0.570. The molecule has 1 spiro atoms. The Kier molecular flexibility index (Phi) is 0.844. The van der Waals surface area contributed by atoms with Crippen LogP contribution in [0.15, 0.2) is 0 Å². The molecule has 0 bridgehead atoms. The maximum Gasteiger partial charge on any atom is 0.336 e. The highest BCUT2D eigenvalue weighted by Crippen LogP contribution is 2.68. The van der Waals surface area contributed by atoms with Gasteiger partial charge in [-0.25, -0.2) is 4.79 Å². The molecule has 2 saturated carbocycles. The number of aliphatic carboxylic acids is 1.